The molecule has 0 heterocycles. The van der Waals surface area contributed by atoms with Crippen molar-refractivity contribution >= 4 is 29.9 Å². The highest BCUT2D eigenvalue weighted by Crippen LogP contribution is 2.03. The summed E-state index contributed by atoms with van der Waals surface area (Å²) in [5.41, 5.74) is 0.984. The van der Waals surface area contributed by atoms with Gasteiger partial charge in [-0.05, 0) is 51.1 Å². The second-order valence-corrected chi connectivity index (χ2v) is 5.72. The first kappa shape index (κ1) is 24.1. The van der Waals surface area contributed by atoms with Crippen LogP contribution in [0.2, 0.25) is 0 Å². The number of rotatable bonds is 11. The Hall–Kier alpha value is -0.930. The Kier molecular flexibility index (Phi) is 14.8. The molecule has 0 fully saturated rings. The van der Waals surface area contributed by atoms with Crippen molar-refractivity contribution in [2.75, 3.05) is 53.5 Å². The molecule has 7 heteroatoms. The molecule has 0 bridgehead atoms. The lowest BCUT2D eigenvalue weighted by atomic mass is 10.1. The third kappa shape index (κ3) is 12.1. The number of hydrogen-bond donors (Lipinski definition) is 2. The molecule has 1 aromatic rings. The zero-order valence-electron chi connectivity index (χ0n) is 15.6. The van der Waals surface area contributed by atoms with Crippen LogP contribution in [0, 0.1) is 5.82 Å². The van der Waals surface area contributed by atoms with E-state index in [4.69, 9.17) is 4.74 Å². The number of benzene rings is 1. The Bertz CT molecular complexity index is 488. The summed E-state index contributed by atoms with van der Waals surface area (Å²) in [6.07, 6.45) is 1.77. The molecule has 25 heavy (non-hydrogen) atoms. The molecule has 0 amide bonds. The van der Waals surface area contributed by atoms with Crippen LogP contribution >= 0.6 is 24.0 Å². The molecule has 0 spiro atoms. The fraction of sp³-hybridized carbons (Fsp3) is 0.611. The summed E-state index contributed by atoms with van der Waals surface area (Å²) >= 11 is 0. The van der Waals surface area contributed by atoms with Gasteiger partial charge in [-0.15, -0.1) is 24.0 Å². The quantitative estimate of drug-likeness (QED) is 0.228. The first-order valence-corrected chi connectivity index (χ1v) is 8.59. The summed E-state index contributed by atoms with van der Waals surface area (Å²) in [5, 5.41) is 6.53. The van der Waals surface area contributed by atoms with Crippen LogP contribution in [0.1, 0.15) is 18.9 Å². The fourth-order valence-electron chi connectivity index (χ4n) is 2.25. The molecule has 1 rings (SSSR count). The molecule has 0 aliphatic rings. The summed E-state index contributed by atoms with van der Waals surface area (Å²) in [6.45, 7) is 7.04. The lowest BCUT2D eigenvalue weighted by molar-refractivity contribution is 0.161. The molecular weight excluding hydrogens is 434 g/mol. The minimum absolute atomic E-state index is 0. The molecule has 0 aromatic heterocycles. The lowest BCUT2D eigenvalue weighted by Crippen LogP contribution is -2.38. The highest BCUT2D eigenvalue weighted by molar-refractivity contribution is 14.0. The summed E-state index contributed by atoms with van der Waals surface area (Å²) in [7, 11) is 3.81. The molecule has 5 nitrogen and oxygen atoms in total. The average Bonchev–Trinajstić information content (AvgIpc) is 2.57. The first-order valence-electron chi connectivity index (χ1n) is 8.59. The maximum atomic E-state index is 13.2. The van der Waals surface area contributed by atoms with Crippen LogP contribution in [-0.4, -0.2) is 64.3 Å². The molecule has 0 aliphatic heterocycles. The second-order valence-electron chi connectivity index (χ2n) is 5.72. The smallest absolute Gasteiger partial charge is 0.191 e. The van der Waals surface area contributed by atoms with E-state index in [1.165, 1.54) is 6.07 Å². The van der Waals surface area contributed by atoms with Gasteiger partial charge in [0.1, 0.15) is 5.82 Å². The lowest BCUT2D eigenvalue weighted by Gasteiger charge is -2.15. The van der Waals surface area contributed by atoms with Crippen LogP contribution in [0.3, 0.4) is 0 Å². The topological polar surface area (TPSA) is 48.9 Å². The molecular formula is C18H32FIN4O. The summed E-state index contributed by atoms with van der Waals surface area (Å²) < 4.78 is 18.2. The predicted octanol–water partition coefficient (Wildman–Crippen LogP) is 2.51. The number of nitrogens with one attached hydrogen (secondary N) is 2. The van der Waals surface area contributed by atoms with Crippen LogP contribution < -0.4 is 10.6 Å². The van der Waals surface area contributed by atoms with Crippen LogP contribution in [0.25, 0.3) is 0 Å². The molecule has 1 aromatic carbocycles. The van der Waals surface area contributed by atoms with Gasteiger partial charge in [-0.2, -0.15) is 0 Å². The number of hydrogen-bond acceptors (Lipinski definition) is 3. The standard InChI is InChI=1S/C18H31FN4O.HI/c1-4-20-18(21-10-6-12-23(2)13-14-24-3)22-11-9-16-7-5-8-17(19)15-16;/h5,7-8,15H,4,6,9-14H2,1-3H3,(H2,20,21,22);1H. The van der Waals surface area contributed by atoms with E-state index in [2.05, 4.69) is 27.6 Å². The van der Waals surface area contributed by atoms with E-state index in [-0.39, 0.29) is 29.8 Å². The molecule has 144 valence electrons. The van der Waals surface area contributed by atoms with Crippen LogP contribution in [0.5, 0.6) is 0 Å². The SMILES string of the molecule is CCNC(=NCCCN(C)CCOC)NCCc1cccc(F)c1.I. The fourth-order valence-corrected chi connectivity index (χ4v) is 2.25. The summed E-state index contributed by atoms with van der Waals surface area (Å²) in [6, 6.07) is 6.71. The number of nitrogens with zero attached hydrogens (tertiary/aromatic N) is 2. The highest BCUT2D eigenvalue weighted by Gasteiger charge is 2.00. The average molecular weight is 466 g/mol. The Labute approximate surface area is 168 Å². The molecule has 0 atom stereocenters. The van der Waals surface area contributed by atoms with E-state index in [0.29, 0.717) is 0 Å². The largest absolute Gasteiger partial charge is 0.383 e. The number of methoxy groups -OCH3 is 1. The zero-order valence-corrected chi connectivity index (χ0v) is 17.9. The summed E-state index contributed by atoms with van der Waals surface area (Å²) in [4.78, 5) is 6.82. The van der Waals surface area contributed by atoms with Gasteiger partial charge in [-0.1, -0.05) is 12.1 Å². The Balaban J connectivity index is 0.00000576. The number of aliphatic imine (C=N–C) groups is 1. The van der Waals surface area contributed by atoms with Gasteiger partial charge in [-0.25, -0.2) is 4.39 Å². The van der Waals surface area contributed by atoms with Gasteiger partial charge in [0, 0.05) is 33.3 Å². The van der Waals surface area contributed by atoms with Gasteiger partial charge in [-0.3, -0.25) is 4.99 Å². The van der Waals surface area contributed by atoms with E-state index in [0.717, 1.165) is 63.7 Å². The number of halogens is 2. The molecule has 0 radical (unpaired) electrons. The van der Waals surface area contributed by atoms with E-state index >= 15 is 0 Å². The van der Waals surface area contributed by atoms with E-state index in [1.807, 2.05) is 13.0 Å². The van der Waals surface area contributed by atoms with Crippen LogP contribution in [-0.2, 0) is 11.2 Å². The van der Waals surface area contributed by atoms with Crippen molar-refractivity contribution in [2.24, 2.45) is 4.99 Å². The number of guanidine groups is 1. The van der Waals surface area contributed by atoms with E-state index in [9.17, 15) is 4.39 Å². The van der Waals surface area contributed by atoms with Crippen molar-refractivity contribution in [1.29, 1.82) is 0 Å². The molecule has 0 saturated carbocycles. The molecule has 0 unspecified atom stereocenters. The second kappa shape index (κ2) is 15.3. The highest BCUT2D eigenvalue weighted by atomic mass is 127. The minimum atomic E-state index is -0.189. The van der Waals surface area contributed by atoms with Gasteiger partial charge in [0.05, 0.1) is 6.61 Å². The van der Waals surface area contributed by atoms with Crippen molar-refractivity contribution in [3.63, 3.8) is 0 Å². The van der Waals surface area contributed by atoms with E-state index < -0.39 is 0 Å². The number of ether oxygens (including phenoxy) is 1. The Morgan fingerprint density at radius 3 is 2.76 bits per heavy atom. The van der Waals surface area contributed by atoms with Gasteiger partial charge < -0.3 is 20.3 Å². The third-order valence-corrected chi connectivity index (χ3v) is 3.58. The van der Waals surface area contributed by atoms with Gasteiger partial charge in [0.25, 0.3) is 0 Å². The van der Waals surface area contributed by atoms with E-state index in [1.54, 1.807) is 19.2 Å². The zero-order chi connectivity index (χ0) is 17.6. The minimum Gasteiger partial charge on any atom is -0.383 e. The summed E-state index contributed by atoms with van der Waals surface area (Å²) in [5.74, 6) is 0.624. The van der Waals surface area contributed by atoms with Crippen LogP contribution in [0.4, 0.5) is 4.39 Å². The molecule has 0 saturated heterocycles. The van der Waals surface area contributed by atoms with Crippen molar-refractivity contribution in [2.45, 2.75) is 19.8 Å². The van der Waals surface area contributed by atoms with Gasteiger partial charge in [0.15, 0.2) is 5.96 Å². The van der Waals surface area contributed by atoms with Gasteiger partial charge in [0.2, 0.25) is 0 Å². The molecule has 2 N–H and O–H groups in total. The third-order valence-electron chi connectivity index (χ3n) is 3.58. The first-order chi connectivity index (χ1) is 11.7. The van der Waals surface area contributed by atoms with Crippen molar-refractivity contribution in [3.05, 3.63) is 35.6 Å². The van der Waals surface area contributed by atoms with Crippen LogP contribution in [0.15, 0.2) is 29.3 Å². The Morgan fingerprint density at radius 1 is 1.28 bits per heavy atom. The van der Waals surface area contributed by atoms with Gasteiger partial charge >= 0.3 is 0 Å². The number of likely N-dealkylation sites (N-methyl/N-ethyl adjacent to an activating group) is 1. The monoisotopic (exact) mass is 466 g/mol. The maximum absolute atomic E-state index is 13.2. The molecule has 0 aliphatic carbocycles. The predicted molar refractivity (Wildman–Crippen MR) is 113 cm³/mol. The maximum Gasteiger partial charge on any atom is 0.191 e. The normalized spacial score (nSPS) is 11.3. The van der Waals surface area contributed by atoms with Crippen molar-refractivity contribution < 1.29 is 9.13 Å². The van der Waals surface area contributed by atoms with Crippen molar-refractivity contribution in [3.8, 4) is 0 Å². The Morgan fingerprint density at radius 2 is 2.08 bits per heavy atom. The van der Waals surface area contributed by atoms with Crippen molar-refractivity contribution in [1.82, 2.24) is 15.5 Å².